The van der Waals surface area contributed by atoms with Crippen LogP contribution in [-0.4, -0.2) is 39.0 Å². The Balaban J connectivity index is 1.37. The Morgan fingerprint density at radius 1 is 1.18 bits per heavy atom. The van der Waals surface area contributed by atoms with Gasteiger partial charge in [-0.3, -0.25) is 14.7 Å². The van der Waals surface area contributed by atoms with Crippen LogP contribution in [0.25, 0.3) is 11.3 Å². The number of anilines is 2. The van der Waals surface area contributed by atoms with E-state index in [4.69, 9.17) is 0 Å². The SMILES string of the molecule is Cn1nc(N2CCC(C(=O)Nc3cccc(-c4ccn[nH]4)c3)CC2)ccc1=O. The zero-order valence-electron chi connectivity index (χ0n) is 15.6. The summed E-state index contributed by atoms with van der Waals surface area (Å²) in [7, 11) is 1.64. The molecule has 0 bridgehead atoms. The third kappa shape index (κ3) is 3.80. The first-order valence-corrected chi connectivity index (χ1v) is 9.30. The van der Waals surface area contributed by atoms with Gasteiger partial charge in [0.15, 0.2) is 0 Å². The number of nitrogens with zero attached hydrogens (tertiary/aromatic N) is 4. The van der Waals surface area contributed by atoms with E-state index < -0.39 is 0 Å². The number of piperidine rings is 1. The van der Waals surface area contributed by atoms with Crippen LogP contribution >= 0.6 is 0 Å². The number of carbonyl (C=O) groups excluding carboxylic acids is 1. The molecule has 2 N–H and O–H groups in total. The van der Waals surface area contributed by atoms with Gasteiger partial charge in [0.05, 0.1) is 5.69 Å². The van der Waals surface area contributed by atoms with E-state index in [2.05, 4.69) is 25.5 Å². The van der Waals surface area contributed by atoms with Crippen LogP contribution in [-0.2, 0) is 11.8 Å². The van der Waals surface area contributed by atoms with Gasteiger partial charge in [-0.1, -0.05) is 12.1 Å². The Labute approximate surface area is 162 Å². The molecule has 28 heavy (non-hydrogen) atoms. The summed E-state index contributed by atoms with van der Waals surface area (Å²) in [5.41, 5.74) is 2.54. The average molecular weight is 378 g/mol. The first kappa shape index (κ1) is 18.0. The van der Waals surface area contributed by atoms with E-state index in [1.165, 1.54) is 10.7 Å². The molecule has 0 spiro atoms. The molecule has 1 amide bonds. The van der Waals surface area contributed by atoms with Gasteiger partial charge in [0.25, 0.3) is 5.56 Å². The second kappa shape index (κ2) is 7.67. The van der Waals surface area contributed by atoms with Gasteiger partial charge in [-0.15, -0.1) is 0 Å². The van der Waals surface area contributed by atoms with E-state index in [1.807, 2.05) is 30.3 Å². The fraction of sp³-hybridized carbons (Fsp3) is 0.300. The number of carbonyl (C=O) groups is 1. The lowest BCUT2D eigenvalue weighted by Gasteiger charge is -2.32. The lowest BCUT2D eigenvalue weighted by molar-refractivity contribution is -0.120. The minimum atomic E-state index is -0.129. The largest absolute Gasteiger partial charge is 0.355 e. The van der Waals surface area contributed by atoms with Crippen molar-refractivity contribution >= 4 is 17.4 Å². The summed E-state index contributed by atoms with van der Waals surface area (Å²) in [5, 5.41) is 14.2. The predicted octanol–water partition coefficient (Wildman–Crippen LogP) is 2.03. The zero-order chi connectivity index (χ0) is 19.5. The van der Waals surface area contributed by atoms with Crippen molar-refractivity contribution in [3.8, 4) is 11.3 Å². The summed E-state index contributed by atoms with van der Waals surface area (Å²) >= 11 is 0. The number of aryl methyl sites for hydroxylation is 1. The predicted molar refractivity (Wildman–Crippen MR) is 107 cm³/mol. The Hall–Kier alpha value is -3.42. The highest BCUT2D eigenvalue weighted by molar-refractivity contribution is 5.93. The van der Waals surface area contributed by atoms with Gasteiger partial charge in [-0.2, -0.15) is 10.2 Å². The van der Waals surface area contributed by atoms with Crippen LogP contribution in [0.2, 0.25) is 0 Å². The number of aromatic nitrogens is 4. The van der Waals surface area contributed by atoms with E-state index in [-0.39, 0.29) is 17.4 Å². The number of hydrogen-bond acceptors (Lipinski definition) is 5. The fourth-order valence-electron chi connectivity index (χ4n) is 3.45. The molecule has 4 rings (SSSR count). The summed E-state index contributed by atoms with van der Waals surface area (Å²) in [6.07, 6.45) is 3.20. The smallest absolute Gasteiger partial charge is 0.266 e. The lowest BCUT2D eigenvalue weighted by Crippen LogP contribution is -2.39. The quantitative estimate of drug-likeness (QED) is 0.724. The van der Waals surface area contributed by atoms with Gasteiger partial charge >= 0.3 is 0 Å². The Morgan fingerprint density at radius 2 is 2.00 bits per heavy atom. The highest BCUT2D eigenvalue weighted by Crippen LogP contribution is 2.24. The molecule has 0 atom stereocenters. The maximum Gasteiger partial charge on any atom is 0.266 e. The molecule has 3 aromatic rings. The minimum Gasteiger partial charge on any atom is -0.355 e. The molecular weight excluding hydrogens is 356 g/mol. The van der Waals surface area contributed by atoms with Crippen molar-refractivity contribution in [1.29, 1.82) is 0 Å². The van der Waals surface area contributed by atoms with Crippen LogP contribution in [0, 0.1) is 5.92 Å². The van der Waals surface area contributed by atoms with Crippen molar-refractivity contribution in [1.82, 2.24) is 20.0 Å². The summed E-state index contributed by atoms with van der Waals surface area (Å²) < 4.78 is 1.33. The van der Waals surface area contributed by atoms with Crippen molar-refractivity contribution in [3.63, 3.8) is 0 Å². The van der Waals surface area contributed by atoms with Crippen molar-refractivity contribution in [3.05, 3.63) is 59.0 Å². The van der Waals surface area contributed by atoms with Crippen LogP contribution in [0.3, 0.4) is 0 Å². The number of rotatable bonds is 4. The van der Waals surface area contributed by atoms with Crippen LogP contribution in [0.4, 0.5) is 11.5 Å². The number of H-pyrrole nitrogens is 1. The molecule has 144 valence electrons. The second-order valence-corrected chi connectivity index (χ2v) is 6.96. The molecule has 3 heterocycles. The highest BCUT2D eigenvalue weighted by atomic mass is 16.2. The van der Waals surface area contributed by atoms with E-state index in [9.17, 15) is 9.59 Å². The van der Waals surface area contributed by atoms with E-state index in [0.29, 0.717) is 0 Å². The number of nitrogens with one attached hydrogen (secondary N) is 2. The standard InChI is InChI=1S/C20H22N6O2/c1-25-19(27)6-5-18(24-25)26-11-8-14(9-12-26)20(28)22-16-4-2-3-15(13-16)17-7-10-21-23-17/h2-7,10,13-14H,8-9,11-12H2,1H3,(H,21,23)(H,22,28). The Kier molecular flexibility index (Phi) is 4.92. The number of amides is 1. The fourth-order valence-corrected chi connectivity index (χ4v) is 3.45. The van der Waals surface area contributed by atoms with E-state index in [0.717, 1.165) is 48.7 Å². The molecule has 0 saturated carbocycles. The lowest BCUT2D eigenvalue weighted by atomic mass is 9.95. The molecular formula is C20H22N6O2. The minimum absolute atomic E-state index is 0.0369. The third-order valence-corrected chi connectivity index (χ3v) is 5.08. The molecule has 1 saturated heterocycles. The van der Waals surface area contributed by atoms with Crippen LogP contribution < -0.4 is 15.8 Å². The molecule has 1 aromatic carbocycles. The zero-order valence-corrected chi connectivity index (χ0v) is 15.6. The van der Waals surface area contributed by atoms with Crippen molar-refractivity contribution in [2.24, 2.45) is 13.0 Å². The van der Waals surface area contributed by atoms with E-state index in [1.54, 1.807) is 19.3 Å². The van der Waals surface area contributed by atoms with Crippen LogP contribution in [0.5, 0.6) is 0 Å². The van der Waals surface area contributed by atoms with Gasteiger partial charge in [-0.05, 0) is 37.1 Å². The normalized spacial score (nSPS) is 14.8. The molecule has 8 heteroatoms. The number of aromatic amines is 1. The molecule has 2 aromatic heterocycles. The molecule has 8 nitrogen and oxygen atoms in total. The van der Waals surface area contributed by atoms with Gasteiger partial charge in [0.2, 0.25) is 5.91 Å². The summed E-state index contributed by atoms with van der Waals surface area (Å²) in [6, 6.07) is 12.9. The maximum atomic E-state index is 12.7. The second-order valence-electron chi connectivity index (χ2n) is 6.96. The first-order valence-electron chi connectivity index (χ1n) is 9.30. The Bertz CT molecular complexity index is 1020. The van der Waals surface area contributed by atoms with E-state index >= 15 is 0 Å². The monoisotopic (exact) mass is 378 g/mol. The van der Waals surface area contributed by atoms with Gasteiger partial charge < -0.3 is 10.2 Å². The summed E-state index contributed by atoms with van der Waals surface area (Å²) in [5.74, 6) is 0.766. The molecule has 0 radical (unpaired) electrons. The number of hydrogen-bond donors (Lipinski definition) is 2. The van der Waals surface area contributed by atoms with Gasteiger partial charge in [0.1, 0.15) is 5.82 Å². The highest BCUT2D eigenvalue weighted by Gasteiger charge is 2.26. The van der Waals surface area contributed by atoms with Gasteiger partial charge in [-0.25, -0.2) is 4.68 Å². The molecule has 1 aliphatic heterocycles. The molecule has 1 aliphatic rings. The van der Waals surface area contributed by atoms with Crippen LogP contribution in [0.15, 0.2) is 53.5 Å². The average Bonchev–Trinajstić information content (AvgIpc) is 3.25. The first-order chi connectivity index (χ1) is 13.6. The van der Waals surface area contributed by atoms with Crippen molar-refractivity contribution < 1.29 is 4.79 Å². The van der Waals surface area contributed by atoms with Gasteiger partial charge in [0, 0.05) is 49.6 Å². The molecule has 0 unspecified atom stereocenters. The van der Waals surface area contributed by atoms with Crippen LogP contribution in [0.1, 0.15) is 12.8 Å². The Morgan fingerprint density at radius 3 is 2.71 bits per heavy atom. The molecule has 1 fully saturated rings. The summed E-state index contributed by atoms with van der Waals surface area (Å²) in [6.45, 7) is 1.47. The summed E-state index contributed by atoms with van der Waals surface area (Å²) in [4.78, 5) is 26.3. The van der Waals surface area contributed by atoms with Crippen molar-refractivity contribution in [2.45, 2.75) is 12.8 Å². The van der Waals surface area contributed by atoms with Crippen molar-refractivity contribution in [2.75, 3.05) is 23.3 Å². The molecule has 0 aliphatic carbocycles. The number of benzene rings is 1. The maximum absolute atomic E-state index is 12.7. The third-order valence-electron chi connectivity index (χ3n) is 5.08. The topological polar surface area (TPSA) is 95.9 Å².